The van der Waals surface area contributed by atoms with Crippen LogP contribution in [0.4, 0.5) is 0 Å². The number of methoxy groups -OCH3 is 1. The Kier molecular flexibility index (Phi) is 2.23. The van der Waals surface area contributed by atoms with Crippen molar-refractivity contribution >= 4 is 0 Å². The Morgan fingerprint density at radius 1 is 1.60 bits per heavy atom. The Morgan fingerprint density at radius 3 is 2.80 bits per heavy atom. The maximum absolute atomic E-state index is 6.99. The molecule has 0 atom stereocenters. The number of nitrogens with one attached hydrogen (secondary N) is 1. The van der Waals surface area contributed by atoms with Gasteiger partial charge < -0.3 is 4.74 Å². The molecule has 0 bridgehead atoms. The first kappa shape index (κ1) is 7.02. The summed E-state index contributed by atoms with van der Waals surface area (Å²) >= 11 is 0. The Hall–Kier alpha value is -1.09. The first-order chi connectivity index (χ1) is 4.86. The summed E-state index contributed by atoms with van der Waals surface area (Å²) in [4.78, 5) is 3.93. The number of rotatable bonds is 2. The van der Waals surface area contributed by atoms with Crippen LogP contribution in [0, 0.1) is 0 Å². The van der Waals surface area contributed by atoms with E-state index in [1.165, 1.54) is 0 Å². The lowest BCUT2D eigenvalue weighted by Gasteiger charge is -1.97. The lowest BCUT2D eigenvalue weighted by Crippen LogP contribution is -1.89. The van der Waals surface area contributed by atoms with E-state index in [-0.39, 0.29) is 6.54 Å². The fraction of sp³-hybridized carbons (Fsp3) is 0.286. The van der Waals surface area contributed by atoms with Gasteiger partial charge in [-0.1, -0.05) is 6.07 Å². The normalized spacial score (nSPS) is 9.40. The predicted molar refractivity (Wildman–Crippen MR) is 37.6 cm³/mol. The fourth-order valence-electron chi connectivity index (χ4n) is 0.636. The number of hydrogen-bond acceptors (Lipinski definition) is 2. The van der Waals surface area contributed by atoms with E-state index in [1.54, 1.807) is 19.4 Å². The van der Waals surface area contributed by atoms with E-state index in [4.69, 9.17) is 10.5 Å². The van der Waals surface area contributed by atoms with Gasteiger partial charge in [0.2, 0.25) is 5.88 Å². The molecule has 1 radical (unpaired) electrons. The fourth-order valence-corrected chi connectivity index (χ4v) is 0.636. The molecule has 0 spiro atoms. The van der Waals surface area contributed by atoms with Gasteiger partial charge in [0, 0.05) is 18.8 Å². The average molecular weight is 137 g/mol. The third-order valence-corrected chi connectivity index (χ3v) is 1.21. The van der Waals surface area contributed by atoms with E-state index >= 15 is 0 Å². The van der Waals surface area contributed by atoms with Crippen molar-refractivity contribution in [3.63, 3.8) is 0 Å². The van der Waals surface area contributed by atoms with Gasteiger partial charge in [0.25, 0.3) is 0 Å². The van der Waals surface area contributed by atoms with E-state index in [0.717, 1.165) is 5.56 Å². The molecule has 10 heavy (non-hydrogen) atoms. The number of nitrogens with zero attached hydrogens (tertiary/aromatic N) is 1. The van der Waals surface area contributed by atoms with Crippen molar-refractivity contribution in [2.45, 2.75) is 6.54 Å². The average Bonchev–Trinajstić information content (AvgIpc) is 2.05. The molecule has 0 aliphatic heterocycles. The van der Waals surface area contributed by atoms with Gasteiger partial charge in [-0.05, 0) is 5.56 Å². The third kappa shape index (κ3) is 1.45. The zero-order valence-corrected chi connectivity index (χ0v) is 5.79. The van der Waals surface area contributed by atoms with E-state index in [2.05, 4.69) is 4.98 Å². The summed E-state index contributed by atoms with van der Waals surface area (Å²) in [5.41, 5.74) is 7.89. The minimum absolute atomic E-state index is 0.275. The molecular weight excluding hydrogens is 128 g/mol. The van der Waals surface area contributed by atoms with Crippen LogP contribution in [0.25, 0.3) is 0 Å². The van der Waals surface area contributed by atoms with Gasteiger partial charge in [-0.15, -0.1) is 0 Å². The predicted octanol–water partition coefficient (Wildman–Crippen LogP) is 0.873. The molecule has 1 rings (SSSR count). The second-order valence-electron chi connectivity index (χ2n) is 1.89. The number of ether oxygens (including phenoxy) is 1. The molecule has 0 saturated carbocycles. The molecular formula is C7H9N2O. The number of pyridine rings is 1. The second-order valence-corrected chi connectivity index (χ2v) is 1.89. The van der Waals surface area contributed by atoms with Crippen molar-refractivity contribution in [3.05, 3.63) is 23.9 Å². The molecule has 1 aromatic heterocycles. The van der Waals surface area contributed by atoms with Gasteiger partial charge in [-0.3, -0.25) is 5.73 Å². The Balaban J connectivity index is 2.80. The van der Waals surface area contributed by atoms with Crippen LogP contribution in [0.5, 0.6) is 5.88 Å². The molecule has 3 nitrogen and oxygen atoms in total. The summed E-state index contributed by atoms with van der Waals surface area (Å²) in [6.07, 6.45) is 1.64. The van der Waals surface area contributed by atoms with E-state index < -0.39 is 0 Å². The second kappa shape index (κ2) is 3.17. The molecule has 0 aliphatic rings. The zero-order chi connectivity index (χ0) is 7.40. The van der Waals surface area contributed by atoms with Gasteiger partial charge in [0.1, 0.15) is 0 Å². The summed E-state index contributed by atoms with van der Waals surface area (Å²) in [5.74, 6) is 0.595. The summed E-state index contributed by atoms with van der Waals surface area (Å²) in [7, 11) is 1.57. The van der Waals surface area contributed by atoms with Crippen molar-refractivity contribution in [2.75, 3.05) is 7.11 Å². The van der Waals surface area contributed by atoms with E-state index in [1.807, 2.05) is 6.07 Å². The molecule has 53 valence electrons. The minimum Gasteiger partial charge on any atom is -0.481 e. The first-order valence-electron chi connectivity index (χ1n) is 3.00. The molecule has 0 amide bonds. The summed E-state index contributed by atoms with van der Waals surface area (Å²) in [6.45, 7) is 0.275. The number of aromatic nitrogens is 1. The Morgan fingerprint density at radius 2 is 2.40 bits per heavy atom. The van der Waals surface area contributed by atoms with Crippen LogP contribution in [0.15, 0.2) is 18.3 Å². The lowest BCUT2D eigenvalue weighted by molar-refractivity contribution is 0.397. The summed E-state index contributed by atoms with van der Waals surface area (Å²) in [5, 5.41) is 0. The monoisotopic (exact) mass is 137 g/mol. The maximum Gasteiger partial charge on any atom is 0.212 e. The largest absolute Gasteiger partial charge is 0.481 e. The van der Waals surface area contributed by atoms with Crippen molar-refractivity contribution in [3.8, 4) is 5.88 Å². The van der Waals surface area contributed by atoms with Gasteiger partial charge in [0.15, 0.2) is 0 Å². The maximum atomic E-state index is 6.99. The molecule has 0 fully saturated rings. The van der Waals surface area contributed by atoms with Crippen molar-refractivity contribution < 1.29 is 4.74 Å². The molecule has 3 heteroatoms. The number of hydrogen-bond donors (Lipinski definition) is 0. The van der Waals surface area contributed by atoms with Crippen LogP contribution < -0.4 is 10.5 Å². The highest BCUT2D eigenvalue weighted by atomic mass is 16.5. The third-order valence-electron chi connectivity index (χ3n) is 1.21. The molecule has 1 aromatic rings. The highest BCUT2D eigenvalue weighted by molar-refractivity contribution is 5.17. The molecule has 1 N–H and O–H groups in total. The topological polar surface area (TPSA) is 45.9 Å². The molecule has 1 heterocycles. The Labute approximate surface area is 59.8 Å². The molecule has 0 aromatic carbocycles. The van der Waals surface area contributed by atoms with Crippen molar-refractivity contribution in [1.29, 1.82) is 0 Å². The molecule has 0 aliphatic carbocycles. The smallest absolute Gasteiger partial charge is 0.212 e. The van der Waals surface area contributed by atoms with E-state index in [0.29, 0.717) is 5.88 Å². The Bertz CT molecular complexity index is 172. The highest BCUT2D eigenvalue weighted by Crippen LogP contribution is 2.05. The van der Waals surface area contributed by atoms with Crippen molar-refractivity contribution in [2.24, 2.45) is 0 Å². The van der Waals surface area contributed by atoms with Crippen LogP contribution in [-0.4, -0.2) is 12.1 Å². The van der Waals surface area contributed by atoms with Gasteiger partial charge >= 0.3 is 0 Å². The van der Waals surface area contributed by atoms with Crippen molar-refractivity contribution in [1.82, 2.24) is 10.7 Å². The zero-order valence-electron chi connectivity index (χ0n) is 5.79. The standard InChI is InChI=1S/C7H9N2O/c1-10-7-3-2-6(4-8)5-9-7/h2-3,5,8H,4H2,1H3. The summed E-state index contributed by atoms with van der Waals surface area (Å²) < 4.78 is 4.84. The van der Waals surface area contributed by atoms with E-state index in [9.17, 15) is 0 Å². The molecule has 0 saturated heterocycles. The molecule has 0 unspecified atom stereocenters. The van der Waals surface area contributed by atoms with Gasteiger partial charge in [-0.25, -0.2) is 4.98 Å². The lowest BCUT2D eigenvalue weighted by atomic mass is 10.3. The quantitative estimate of drug-likeness (QED) is 0.607. The van der Waals surface area contributed by atoms with Gasteiger partial charge in [-0.2, -0.15) is 0 Å². The van der Waals surface area contributed by atoms with Crippen LogP contribution in [-0.2, 0) is 6.54 Å². The van der Waals surface area contributed by atoms with Crippen LogP contribution in [0.1, 0.15) is 5.56 Å². The van der Waals surface area contributed by atoms with Crippen LogP contribution in [0.2, 0.25) is 0 Å². The van der Waals surface area contributed by atoms with Crippen LogP contribution >= 0.6 is 0 Å². The van der Waals surface area contributed by atoms with Crippen LogP contribution in [0.3, 0.4) is 0 Å². The SMILES string of the molecule is COc1ccc(C[NH])cn1. The summed E-state index contributed by atoms with van der Waals surface area (Å²) in [6, 6.07) is 3.59. The van der Waals surface area contributed by atoms with Gasteiger partial charge in [0.05, 0.1) is 7.11 Å². The highest BCUT2D eigenvalue weighted by Gasteiger charge is 1.91. The first-order valence-corrected chi connectivity index (χ1v) is 3.00. The minimum atomic E-state index is 0.275.